The molecule has 0 aliphatic carbocycles. The SMILES string of the molecule is CC[C@@H](C)[C@@H](OC(C)=O)C1OC(O)(C(=O)OC)C(F)C(N=[N+]=[N-])C1C. The lowest BCUT2D eigenvalue weighted by atomic mass is 9.80. The third kappa shape index (κ3) is 4.20. The highest BCUT2D eigenvalue weighted by Crippen LogP contribution is 2.40. The number of carbonyl (C=O) groups excluding carboxylic acids is 2. The molecule has 0 radical (unpaired) electrons. The van der Waals surface area contributed by atoms with E-state index in [2.05, 4.69) is 14.8 Å². The van der Waals surface area contributed by atoms with Crippen molar-refractivity contribution >= 4 is 11.9 Å². The lowest BCUT2D eigenvalue weighted by Crippen LogP contribution is -2.66. The number of esters is 2. The molecule has 25 heavy (non-hydrogen) atoms. The van der Waals surface area contributed by atoms with E-state index in [1.165, 1.54) is 13.8 Å². The Bertz CT molecular complexity index is 555. The van der Waals surface area contributed by atoms with E-state index in [4.69, 9.17) is 15.0 Å². The number of hydrogen-bond donors (Lipinski definition) is 1. The summed E-state index contributed by atoms with van der Waals surface area (Å²) in [4.78, 5) is 26.0. The van der Waals surface area contributed by atoms with Crippen LogP contribution in [0.2, 0.25) is 0 Å². The summed E-state index contributed by atoms with van der Waals surface area (Å²) in [5, 5.41) is 13.8. The summed E-state index contributed by atoms with van der Waals surface area (Å²) in [5.74, 6) is -5.90. The Hall–Kier alpha value is -1.90. The largest absolute Gasteiger partial charge is 0.465 e. The second-order valence-corrected chi connectivity index (χ2v) is 6.19. The highest BCUT2D eigenvalue weighted by Gasteiger charge is 2.60. The number of ether oxygens (including phenoxy) is 3. The zero-order chi connectivity index (χ0) is 19.4. The number of nitrogens with zero attached hydrogens (tertiary/aromatic N) is 3. The smallest absolute Gasteiger partial charge is 0.369 e. The average Bonchev–Trinajstić information content (AvgIpc) is 2.58. The summed E-state index contributed by atoms with van der Waals surface area (Å²) < 4.78 is 29.8. The van der Waals surface area contributed by atoms with Crippen molar-refractivity contribution in [1.29, 1.82) is 0 Å². The van der Waals surface area contributed by atoms with Crippen LogP contribution in [-0.4, -0.2) is 54.4 Å². The second-order valence-electron chi connectivity index (χ2n) is 6.19. The van der Waals surface area contributed by atoms with Crippen LogP contribution in [0.25, 0.3) is 10.4 Å². The van der Waals surface area contributed by atoms with Crippen LogP contribution in [0.1, 0.15) is 34.1 Å². The van der Waals surface area contributed by atoms with Crippen molar-refractivity contribution in [2.75, 3.05) is 7.11 Å². The Morgan fingerprint density at radius 3 is 2.56 bits per heavy atom. The van der Waals surface area contributed by atoms with E-state index >= 15 is 0 Å². The van der Waals surface area contributed by atoms with Crippen molar-refractivity contribution in [3.8, 4) is 0 Å². The van der Waals surface area contributed by atoms with Gasteiger partial charge in [-0.25, -0.2) is 9.18 Å². The fourth-order valence-electron chi connectivity index (χ4n) is 2.90. The molecule has 7 atom stereocenters. The van der Waals surface area contributed by atoms with Crippen LogP contribution >= 0.6 is 0 Å². The minimum absolute atomic E-state index is 0.221. The first-order valence-electron chi connectivity index (χ1n) is 7.98. The normalized spacial score (nSPS) is 34.4. The molecule has 0 bridgehead atoms. The molecule has 0 aromatic rings. The number of carbonyl (C=O) groups is 2. The van der Waals surface area contributed by atoms with Crippen LogP contribution in [0.5, 0.6) is 0 Å². The molecule has 0 aromatic carbocycles. The van der Waals surface area contributed by atoms with Gasteiger partial charge in [0.2, 0.25) is 0 Å². The van der Waals surface area contributed by atoms with Gasteiger partial charge in [-0.05, 0) is 23.8 Å². The van der Waals surface area contributed by atoms with E-state index < -0.39 is 48.1 Å². The molecule has 1 aliphatic rings. The molecule has 1 rings (SSSR count). The van der Waals surface area contributed by atoms with Gasteiger partial charge >= 0.3 is 11.9 Å². The van der Waals surface area contributed by atoms with E-state index in [9.17, 15) is 19.1 Å². The Labute approximate surface area is 145 Å². The number of rotatable bonds is 6. The first kappa shape index (κ1) is 21.1. The van der Waals surface area contributed by atoms with Crippen molar-refractivity contribution in [1.82, 2.24) is 0 Å². The molecule has 0 amide bonds. The van der Waals surface area contributed by atoms with Gasteiger partial charge in [-0.15, -0.1) is 0 Å². The Kier molecular flexibility index (Phi) is 7.16. The number of aliphatic hydroxyl groups is 1. The summed E-state index contributed by atoms with van der Waals surface area (Å²) in [7, 11) is 0.963. The molecule has 10 heteroatoms. The minimum atomic E-state index is -2.96. The molecule has 1 N–H and O–H groups in total. The summed E-state index contributed by atoms with van der Waals surface area (Å²) >= 11 is 0. The van der Waals surface area contributed by atoms with Crippen molar-refractivity contribution in [3.05, 3.63) is 10.4 Å². The fraction of sp³-hybridized carbons (Fsp3) is 0.867. The number of hydrogen-bond acceptors (Lipinski definition) is 7. The summed E-state index contributed by atoms with van der Waals surface area (Å²) in [6.45, 7) is 6.37. The molecule has 0 saturated carbocycles. The highest BCUT2D eigenvalue weighted by molar-refractivity contribution is 5.78. The first-order chi connectivity index (χ1) is 11.6. The number of alkyl halides is 1. The summed E-state index contributed by atoms with van der Waals surface area (Å²) in [6, 6.07) is -1.41. The number of halogens is 1. The predicted octanol–water partition coefficient (Wildman–Crippen LogP) is 1.88. The van der Waals surface area contributed by atoms with Crippen LogP contribution < -0.4 is 0 Å². The zero-order valence-corrected chi connectivity index (χ0v) is 14.9. The lowest BCUT2D eigenvalue weighted by molar-refractivity contribution is -0.310. The van der Waals surface area contributed by atoms with Gasteiger partial charge in [0, 0.05) is 11.8 Å². The molecular weight excluding hydrogens is 337 g/mol. The lowest BCUT2D eigenvalue weighted by Gasteiger charge is -2.47. The topological polar surface area (TPSA) is 131 Å². The van der Waals surface area contributed by atoms with Crippen molar-refractivity contribution < 1.29 is 33.3 Å². The van der Waals surface area contributed by atoms with Crippen LogP contribution in [0.15, 0.2) is 5.11 Å². The summed E-state index contributed by atoms with van der Waals surface area (Å²) in [5.41, 5.74) is 8.71. The Morgan fingerprint density at radius 2 is 2.12 bits per heavy atom. The number of azide groups is 1. The van der Waals surface area contributed by atoms with Crippen molar-refractivity contribution in [2.45, 2.75) is 64.3 Å². The third-order valence-corrected chi connectivity index (χ3v) is 4.54. The summed E-state index contributed by atoms with van der Waals surface area (Å²) in [6.07, 6.45) is -3.70. The van der Waals surface area contributed by atoms with Gasteiger partial charge in [0.25, 0.3) is 5.79 Å². The van der Waals surface area contributed by atoms with Crippen molar-refractivity contribution in [2.24, 2.45) is 17.0 Å². The first-order valence-corrected chi connectivity index (χ1v) is 7.98. The van der Waals surface area contributed by atoms with Crippen LogP contribution in [0.4, 0.5) is 4.39 Å². The quantitative estimate of drug-likeness (QED) is 0.332. The second kappa shape index (κ2) is 8.46. The molecule has 9 nitrogen and oxygen atoms in total. The van der Waals surface area contributed by atoms with E-state index in [0.29, 0.717) is 6.42 Å². The molecule has 1 aliphatic heterocycles. The molecule has 5 unspecified atom stereocenters. The van der Waals surface area contributed by atoms with Crippen LogP contribution in [-0.2, 0) is 23.8 Å². The molecular formula is C15H24FN3O6. The molecule has 0 aromatic heterocycles. The Morgan fingerprint density at radius 1 is 1.52 bits per heavy atom. The van der Waals surface area contributed by atoms with E-state index in [1.54, 1.807) is 6.92 Å². The molecule has 142 valence electrons. The standard InChI is InChI=1S/C15H24FN3O6/c1-6-7(2)11(24-9(4)20)12-8(3)10(18-19-17)13(16)15(22,25-12)14(21)23-5/h7-8,10-13,22H,6H2,1-5H3/t7-,8?,10?,11-,12?,13?,15?/m1/s1. The molecule has 1 fully saturated rings. The van der Waals surface area contributed by atoms with E-state index in [0.717, 1.165) is 7.11 Å². The Balaban J connectivity index is 3.37. The van der Waals surface area contributed by atoms with Gasteiger partial charge < -0.3 is 19.3 Å². The van der Waals surface area contributed by atoms with Gasteiger partial charge in [-0.2, -0.15) is 0 Å². The maximum absolute atomic E-state index is 14.7. The van der Waals surface area contributed by atoms with Gasteiger partial charge in [-0.1, -0.05) is 25.9 Å². The highest BCUT2D eigenvalue weighted by atomic mass is 19.1. The van der Waals surface area contributed by atoms with Gasteiger partial charge in [-0.3, -0.25) is 4.79 Å². The molecule has 1 saturated heterocycles. The van der Waals surface area contributed by atoms with E-state index in [1.807, 2.05) is 6.92 Å². The zero-order valence-electron chi connectivity index (χ0n) is 14.9. The van der Waals surface area contributed by atoms with Crippen molar-refractivity contribution in [3.63, 3.8) is 0 Å². The van der Waals surface area contributed by atoms with Gasteiger partial charge in [0.05, 0.1) is 13.2 Å². The monoisotopic (exact) mass is 361 g/mol. The third-order valence-electron chi connectivity index (χ3n) is 4.54. The maximum Gasteiger partial charge on any atom is 0.369 e. The average molecular weight is 361 g/mol. The van der Waals surface area contributed by atoms with Gasteiger partial charge in [0.15, 0.2) is 6.17 Å². The van der Waals surface area contributed by atoms with Crippen LogP contribution in [0.3, 0.4) is 0 Å². The fourth-order valence-corrected chi connectivity index (χ4v) is 2.90. The van der Waals surface area contributed by atoms with Crippen LogP contribution in [0, 0.1) is 11.8 Å². The molecule has 0 spiro atoms. The number of methoxy groups -OCH3 is 1. The minimum Gasteiger partial charge on any atom is -0.465 e. The molecule has 1 heterocycles. The predicted molar refractivity (Wildman–Crippen MR) is 83.8 cm³/mol. The maximum atomic E-state index is 14.7. The van der Waals surface area contributed by atoms with E-state index in [-0.39, 0.29) is 5.92 Å². The van der Waals surface area contributed by atoms with Gasteiger partial charge in [0.1, 0.15) is 12.2 Å².